The number of fused-ring (bicyclic) bond motifs is 1. The van der Waals surface area contributed by atoms with Gasteiger partial charge in [0.25, 0.3) is 0 Å². The number of carbonyl (C=O) groups is 1. The number of benzene rings is 1. The average Bonchev–Trinajstić information content (AvgIpc) is 2.98. The molecule has 1 aromatic rings. The second-order valence-corrected chi connectivity index (χ2v) is 8.65. The van der Waals surface area contributed by atoms with E-state index in [4.69, 9.17) is 4.99 Å². The molecule has 0 N–H and O–H groups in total. The molecule has 138 valence electrons. The summed E-state index contributed by atoms with van der Waals surface area (Å²) < 4.78 is 0. The maximum absolute atomic E-state index is 12.4. The lowest BCUT2D eigenvalue weighted by Gasteiger charge is -2.05. The van der Waals surface area contributed by atoms with Gasteiger partial charge in [0, 0.05) is 16.7 Å². The van der Waals surface area contributed by atoms with Gasteiger partial charge < -0.3 is 0 Å². The van der Waals surface area contributed by atoms with Crippen LogP contribution in [0.4, 0.5) is 5.69 Å². The highest BCUT2D eigenvalue weighted by Crippen LogP contribution is 2.43. The van der Waals surface area contributed by atoms with Crippen molar-refractivity contribution in [2.45, 2.75) is 89.4 Å². The minimum Gasteiger partial charge on any atom is -0.294 e. The summed E-state index contributed by atoms with van der Waals surface area (Å²) in [6, 6.07) is 8.24. The molecule has 1 aromatic carbocycles. The second kappa shape index (κ2) is 11.4. The van der Waals surface area contributed by atoms with Crippen LogP contribution in [0.5, 0.6) is 0 Å². The molecule has 25 heavy (non-hydrogen) atoms. The molecule has 0 spiro atoms. The van der Waals surface area contributed by atoms with Crippen LogP contribution in [0.25, 0.3) is 0 Å². The van der Waals surface area contributed by atoms with Crippen LogP contribution < -0.4 is 0 Å². The Morgan fingerprint density at radius 3 is 2.28 bits per heavy atom. The number of nitrogens with zero attached hydrogens (tertiary/aromatic N) is 1. The molecule has 0 bridgehead atoms. The molecule has 0 saturated carbocycles. The number of unbranched alkanes of at least 4 members (excludes halogenated alkanes) is 8. The van der Waals surface area contributed by atoms with Crippen molar-refractivity contribution in [3.63, 3.8) is 0 Å². The molecule has 0 aliphatic carbocycles. The summed E-state index contributed by atoms with van der Waals surface area (Å²) in [5.41, 5.74) is 1.05. The zero-order valence-electron chi connectivity index (χ0n) is 15.9. The van der Waals surface area contributed by atoms with Crippen LogP contribution in [0, 0.1) is 0 Å². The lowest BCUT2D eigenvalue weighted by Crippen LogP contribution is -2.02. The van der Waals surface area contributed by atoms with E-state index in [0.29, 0.717) is 12.2 Å². The van der Waals surface area contributed by atoms with Crippen molar-refractivity contribution in [1.82, 2.24) is 0 Å². The number of Topliss-reactive ketones (excluding diaryl/α,β-unsaturated/α-hetero) is 1. The molecule has 3 heteroatoms. The van der Waals surface area contributed by atoms with Crippen molar-refractivity contribution in [3.8, 4) is 0 Å². The first kappa shape index (κ1) is 20.1. The fourth-order valence-electron chi connectivity index (χ4n) is 3.21. The largest absolute Gasteiger partial charge is 0.294 e. The first-order valence-corrected chi connectivity index (χ1v) is 11.3. The molecule has 1 atom stereocenters. The van der Waals surface area contributed by atoms with Gasteiger partial charge in [-0.05, 0) is 25.0 Å². The van der Waals surface area contributed by atoms with Gasteiger partial charge in [-0.1, -0.05) is 77.3 Å². The number of rotatable bonds is 12. The Kier molecular flexibility index (Phi) is 9.17. The Morgan fingerprint density at radius 2 is 1.60 bits per heavy atom. The third-order valence-electron chi connectivity index (χ3n) is 4.68. The topological polar surface area (TPSA) is 29.4 Å². The highest BCUT2D eigenvalue weighted by Gasteiger charge is 2.18. The Bertz CT molecular complexity index is 618. The smallest absolute Gasteiger partial charge is 0.161 e. The Morgan fingerprint density at radius 1 is 0.960 bits per heavy atom. The number of para-hydroxylation sites is 1. The average molecular weight is 360 g/mol. The van der Waals surface area contributed by atoms with Crippen LogP contribution in [0.15, 0.2) is 34.2 Å². The summed E-state index contributed by atoms with van der Waals surface area (Å²) in [6.07, 6.45) is 13.2. The van der Waals surface area contributed by atoms with Crippen LogP contribution in [0.1, 0.15) is 84.5 Å². The monoisotopic (exact) mass is 359 g/mol. The first-order valence-electron chi connectivity index (χ1n) is 10.0. The predicted molar refractivity (Wildman–Crippen MR) is 113 cm³/mol. The van der Waals surface area contributed by atoms with Crippen molar-refractivity contribution in [2.75, 3.05) is 0 Å². The van der Waals surface area contributed by atoms with E-state index in [1.165, 1.54) is 56.3 Å². The number of carbonyl (C=O) groups excluding carboxylic acids is 1. The minimum atomic E-state index is -0.208. The number of ketones is 1. The van der Waals surface area contributed by atoms with Crippen LogP contribution in [-0.2, 0) is 4.79 Å². The minimum absolute atomic E-state index is 0.208. The van der Waals surface area contributed by atoms with Gasteiger partial charge in [0.15, 0.2) is 5.78 Å². The number of aliphatic imine (C=N–C) groups is 1. The van der Waals surface area contributed by atoms with Crippen molar-refractivity contribution < 1.29 is 4.79 Å². The van der Waals surface area contributed by atoms with E-state index >= 15 is 0 Å². The SMILES string of the molecule is CCCCCCCCCCCC(=O)C=S1C(CC)=Nc2ccccc21. The summed E-state index contributed by atoms with van der Waals surface area (Å²) in [5.74, 6) is 0.295. The lowest BCUT2D eigenvalue weighted by molar-refractivity contribution is -0.112. The van der Waals surface area contributed by atoms with Gasteiger partial charge in [-0.25, -0.2) is 4.99 Å². The van der Waals surface area contributed by atoms with Gasteiger partial charge in [-0.3, -0.25) is 4.79 Å². The van der Waals surface area contributed by atoms with Gasteiger partial charge in [0.2, 0.25) is 0 Å². The Hall–Kier alpha value is -1.22. The van der Waals surface area contributed by atoms with E-state index in [1.54, 1.807) is 0 Å². The molecular formula is C22H33NOS. The quantitative estimate of drug-likeness (QED) is 0.290. The standard InChI is InChI=1S/C22H33NOS/c1-3-5-6-7-8-9-10-11-12-15-19(24)18-25-21-17-14-13-16-20(21)23-22(25)4-2/h13-14,16-18H,3-12,15H2,1-2H3. The highest BCUT2D eigenvalue weighted by molar-refractivity contribution is 8.29. The highest BCUT2D eigenvalue weighted by atomic mass is 32.2. The van der Waals surface area contributed by atoms with Crippen LogP contribution in [-0.4, -0.2) is 16.2 Å². The van der Waals surface area contributed by atoms with Crippen LogP contribution in [0.2, 0.25) is 0 Å². The summed E-state index contributed by atoms with van der Waals surface area (Å²) in [6.45, 7) is 4.39. The molecule has 1 aliphatic heterocycles. The summed E-state index contributed by atoms with van der Waals surface area (Å²) >= 11 is 0. The van der Waals surface area contributed by atoms with Crippen molar-refractivity contribution in [2.24, 2.45) is 4.99 Å². The molecule has 0 saturated heterocycles. The lowest BCUT2D eigenvalue weighted by atomic mass is 10.1. The van der Waals surface area contributed by atoms with Crippen molar-refractivity contribution in [3.05, 3.63) is 24.3 Å². The predicted octanol–water partition coefficient (Wildman–Crippen LogP) is 7.06. The van der Waals surface area contributed by atoms with E-state index in [0.717, 1.165) is 23.6 Å². The molecule has 0 fully saturated rings. The molecule has 2 rings (SSSR count). The van der Waals surface area contributed by atoms with Gasteiger partial charge >= 0.3 is 0 Å². The Labute approximate surface area is 156 Å². The van der Waals surface area contributed by atoms with E-state index < -0.39 is 0 Å². The van der Waals surface area contributed by atoms with Crippen LogP contribution >= 0.6 is 10.5 Å². The molecule has 0 aromatic heterocycles. The molecule has 1 heterocycles. The fourth-order valence-corrected chi connectivity index (χ4v) is 5.18. The molecule has 1 unspecified atom stereocenters. The maximum atomic E-state index is 12.4. The summed E-state index contributed by atoms with van der Waals surface area (Å²) in [5, 5.41) is 3.10. The van der Waals surface area contributed by atoms with Crippen molar-refractivity contribution in [1.29, 1.82) is 0 Å². The molecule has 1 aliphatic rings. The zero-order valence-corrected chi connectivity index (χ0v) is 16.7. The normalized spacial score (nSPS) is 16.1. The third kappa shape index (κ3) is 6.54. The van der Waals surface area contributed by atoms with E-state index in [2.05, 4.69) is 26.0 Å². The summed E-state index contributed by atoms with van der Waals surface area (Å²) in [7, 11) is -0.208. The third-order valence-corrected chi connectivity index (χ3v) is 6.88. The zero-order chi connectivity index (χ0) is 17.9. The van der Waals surface area contributed by atoms with E-state index in [1.807, 2.05) is 17.5 Å². The number of hydrogen-bond donors (Lipinski definition) is 0. The van der Waals surface area contributed by atoms with Gasteiger partial charge in [-0.2, -0.15) is 0 Å². The molecular weight excluding hydrogens is 326 g/mol. The van der Waals surface area contributed by atoms with Crippen LogP contribution in [0.3, 0.4) is 0 Å². The van der Waals surface area contributed by atoms with Gasteiger partial charge in [0.1, 0.15) is 0 Å². The van der Waals surface area contributed by atoms with Gasteiger partial charge in [0.05, 0.1) is 10.7 Å². The molecule has 0 radical (unpaired) electrons. The van der Waals surface area contributed by atoms with Crippen molar-refractivity contribution >= 4 is 32.4 Å². The Balaban J connectivity index is 1.71. The fraction of sp³-hybridized carbons (Fsp3) is 0.591. The first-order chi connectivity index (χ1) is 12.3. The molecule has 2 nitrogen and oxygen atoms in total. The number of hydrogen-bond acceptors (Lipinski definition) is 2. The summed E-state index contributed by atoms with van der Waals surface area (Å²) in [4.78, 5) is 18.3. The maximum Gasteiger partial charge on any atom is 0.161 e. The van der Waals surface area contributed by atoms with Gasteiger partial charge in [-0.15, -0.1) is 10.5 Å². The molecule has 0 amide bonds. The van der Waals surface area contributed by atoms with E-state index in [9.17, 15) is 4.79 Å². The van der Waals surface area contributed by atoms with E-state index in [-0.39, 0.29) is 10.5 Å². The second-order valence-electron chi connectivity index (χ2n) is 6.83.